The van der Waals surface area contributed by atoms with Gasteiger partial charge in [0.1, 0.15) is 0 Å². The van der Waals surface area contributed by atoms with Crippen LogP contribution in [0.4, 0.5) is 0 Å². The molecular formula is C13H16N4O3. The van der Waals surface area contributed by atoms with Gasteiger partial charge in [0.2, 0.25) is 5.76 Å². The van der Waals surface area contributed by atoms with Gasteiger partial charge in [0.25, 0.3) is 5.91 Å². The minimum absolute atomic E-state index is 0.0797. The maximum absolute atomic E-state index is 12.5. The first-order valence-corrected chi connectivity index (χ1v) is 6.55. The monoisotopic (exact) mass is 276 g/mol. The van der Waals surface area contributed by atoms with Crippen LogP contribution >= 0.6 is 0 Å². The van der Waals surface area contributed by atoms with E-state index in [0.717, 1.165) is 5.69 Å². The quantitative estimate of drug-likeness (QED) is 0.867. The second-order valence-electron chi connectivity index (χ2n) is 4.94. The van der Waals surface area contributed by atoms with Crippen LogP contribution < -0.4 is 0 Å². The zero-order valence-electron chi connectivity index (χ0n) is 11.2. The van der Waals surface area contributed by atoms with Crippen molar-refractivity contribution in [3.05, 3.63) is 35.5 Å². The zero-order chi connectivity index (χ0) is 14.1. The predicted molar refractivity (Wildman–Crippen MR) is 68.8 cm³/mol. The second kappa shape index (κ2) is 5.09. The van der Waals surface area contributed by atoms with Crippen molar-refractivity contribution < 1.29 is 14.4 Å². The Morgan fingerprint density at radius 2 is 2.45 bits per heavy atom. The van der Waals surface area contributed by atoms with Crippen molar-refractivity contribution in [2.45, 2.75) is 32.5 Å². The van der Waals surface area contributed by atoms with Crippen molar-refractivity contribution in [1.82, 2.24) is 19.8 Å². The molecule has 7 heteroatoms. The Hall–Kier alpha value is -2.15. The van der Waals surface area contributed by atoms with Gasteiger partial charge in [0.05, 0.1) is 30.6 Å². The molecule has 0 bridgehead atoms. The molecule has 0 aromatic carbocycles. The standard InChI is InChI=1S/C13H16N4O3/c1-9-6-12(20-15-9)13(19)16-7-10-2-4-14-17(10)5-3-11(16)8-18/h2,4,6,11,18H,3,5,7-8H2,1H3/t11-/m1/s1. The van der Waals surface area contributed by atoms with Gasteiger partial charge < -0.3 is 14.5 Å². The lowest BCUT2D eigenvalue weighted by molar-refractivity contribution is 0.0528. The number of hydrogen-bond donors (Lipinski definition) is 1. The molecule has 3 rings (SSSR count). The summed E-state index contributed by atoms with van der Waals surface area (Å²) < 4.78 is 6.90. The lowest BCUT2D eigenvalue weighted by atomic mass is 10.1. The molecule has 2 aromatic heterocycles. The largest absolute Gasteiger partial charge is 0.394 e. The Morgan fingerprint density at radius 3 is 3.15 bits per heavy atom. The van der Waals surface area contributed by atoms with E-state index in [1.54, 1.807) is 24.1 Å². The average Bonchev–Trinajstić information content (AvgIpc) is 3.03. The average molecular weight is 276 g/mol. The minimum atomic E-state index is -0.251. The SMILES string of the molecule is Cc1cc(C(=O)N2Cc3ccnn3CC[C@@H]2CO)on1. The molecule has 3 heterocycles. The third kappa shape index (κ3) is 2.20. The molecule has 0 spiro atoms. The maximum Gasteiger partial charge on any atom is 0.293 e. The number of fused-ring (bicyclic) bond motifs is 1. The summed E-state index contributed by atoms with van der Waals surface area (Å²) in [7, 11) is 0. The predicted octanol–water partition coefficient (Wildman–Crippen LogP) is 0.587. The molecule has 0 fully saturated rings. The van der Waals surface area contributed by atoms with E-state index in [0.29, 0.717) is 25.2 Å². The highest BCUT2D eigenvalue weighted by molar-refractivity contribution is 5.91. The molecule has 0 saturated heterocycles. The van der Waals surface area contributed by atoms with E-state index in [-0.39, 0.29) is 24.3 Å². The van der Waals surface area contributed by atoms with Crippen LogP contribution in [0.1, 0.15) is 28.4 Å². The number of rotatable bonds is 2. The number of hydrogen-bond acceptors (Lipinski definition) is 5. The van der Waals surface area contributed by atoms with Crippen molar-refractivity contribution in [2.24, 2.45) is 0 Å². The Balaban J connectivity index is 1.90. The summed E-state index contributed by atoms with van der Waals surface area (Å²) in [5.74, 6) is -0.0479. The molecule has 2 aromatic rings. The van der Waals surface area contributed by atoms with E-state index in [2.05, 4.69) is 10.3 Å². The smallest absolute Gasteiger partial charge is 0.293 e. The van der Waals surface area contributed by atoms with E-state index in [1.807, 2.05) is 10.7 Å². The van der Waals surface area contributed by atoms with Gasteiger partial charge in [-0.3, -0.25) is 9.48 Å². The summed E-state index contributed by atoms with van der Waals surface area (Å²) in [6, 6.07) is 3.25. The van der Waals surface area contributed by atoms with Gasteiger partial charge in [-0.15, -0.1) is 0 Å². The zero-order valence-corrected chi connectivity index (χ0v) is 11.2. The van der Waals surface area contributed by atoms with Gasteiger partial charge in [-0.2, -0.15) is 5.10 Å². The van der Waals surface area contributed by atoms with E-state index in [9.17, 15) is 9.90 Å². The Kier molecular flexibility index (Phi) is 3.27. The molecule has 1 aliphatic rings. The highest BCUT2D eigenvalue weighted by Crippen LogP contribution is 2.20. The van der Waals surface area contributed by atoms with E-state index < -0.39 is 0 Å². The summed E-state index contributed by atoms with van der Waals surface area (Å²) in [5, 5.41) is 17.5. The van der Waals surface area contributed by atoms with E-state index in [1.165, 1.54) is 0 Å². The molecule has 0 aliphatic carbocycles. The van der Waals surface area contributed by atoms with Gasteiger partial charge in [-0.05, 0) is 19.4 Å². The van der Waals surface area contributed by atoms with Crippen LogP contribution in [-0.2, 0) is 13.1 Å². The van der Waals surface area contributed by atoms with Crippen molar-refractivity contribution >= 4 is 5.91 Å². The van der Waals surface area contributed by atoms with Gasteiger partial charge in [0.15, 0.2) is 0 Å². The van der Waals surface area contributed by atoms with Gasteiger partial charge >= 0.3 is 0 Å². The lowest BCUT2D eigenvalue weighted by Gasteiger charge is -2.27. The highest BCUT2D eigenvalue weighted by atomic mass is 16.5. The van der Waals surface area contributed by atoms with Crippen LogP contribution in [0.25, 0.3) is 0 Å². The van der Waals surface area contributed by atoms with Crippen LogP contribution in [0, 0.1) is 6.92 Å². The number of aromatic nitrogens is 3. The number of amides is 1. The summed E-state index contributed by atoms with van der Waals surface area (Å²) in [4.78, 5) is 14.1. The maximum atomic E-state index is 12.5. The molecule has 1 atom stereocenters. The molecule has 0 radical (unpaired) electrons. The molecule has 1 amide bonds. The Morgan fingerprint density at radius 1 is 1.60 bits per heavy atom. The van der Waals surface area contributed by atoms with Gasteiger partial charge in [-0.1, -0.05) is 5.16 Å². The Labute approximate surface area is 115 Å². The summed E-state index contributed by atoms with van der Waals surface area (Å²) in [6.45, 7) is 2.78. The highest BCUT2D eigenvalue weighted by Gasteiger charge is 2.30. The van der Waals surface area contributed by atoms with Crippen molar-refractivity contribution in [1.29, 1.82) is 0 Å². The first-order chi connectivity index (χ1) is 9.69. The summed E-state index contributed by atoms with van der Waals surface area (Å²) >= 11 is 0. The molecule has 1 N–H and O–H groups in total. The molecule has 20 heavy (non-hydrogen) atoms. The number of aliphatic hydroxyl groups is 1. The first-order valence-electron chi connectivity index (χ1n) is 6.55. The van der Waals surface area contributed by atoms with Crippen molar-refractivity contribution in [3.8, 4) is 0 Å². The molecule has 0 saturated carbocycles. The first kappa shape index (κ1) is 12.9. The summed E-state index contributed by atoms with van der Waals surface area (Å²) in [5.41, 5.74) is 1.61. The van der Waals surface area contributed by atoms with Crippen LogP contribution in [0.15, 0.2) is 22.9 Å². The fraction of sp³-hybridized carbons (Fsp3) is 0.462. The third-order valence-corrected chi connectivity index (χ3v) is 3.56. The minimum Gasteiger partial charge on any atom is -0.394 e. The van der Waals surface area contributed by atoms with Crippen LogP contribution in [-0.4, -0.2) is 43.5 Å². The van der Waals surface area contributed by atoms with Gasteiger partial charge in [-0.25, -0.2) is 0 Å². The van der Waals surface area contributed by atoms with Crippen molar-refractivity contribution in [3.63, 3.8) is 0 Å². The van der Waals surface area contributed by atoms with Gasteiger partial charge in [0, 0.05) is 18.8 Å². The third-order valence-electron chi connectivity index (χ3n) is 3.56. The van der Waals surface area contributed by atoms with E-state index >= 15 is 0 Å². The number of aryl methyl sites for hydroxylation is 2. The fourth-order valence-corrected chi connectivity index (χ4v) is 2.46. The lowest BCUT2D eigenvalue weighted by Crippen LogP contribution is -2.41. The van der Waals surface area contributed by atoms with Crippen LogP contribution in [0.2, 0.25) is 0 Å². The molecule has 0 unspecified atom stereocenters. The molecule has 7 nitrogen and oxygen atoms in total. The number of carbonyl (C=O) groups excluding carboxylic acids is 1. The summed E-state index contributed by atoms with van der Waals surface area (Å²) in [6.07, 6.45) is 2.37. The van der Waals surface area contributed by atoms with E-state index in [4.69, 9.17) is 4.52 Å². The number of nitrogens with zero attached hydrogens (tertiary/aromatic N) is 4. The Bertz CT molecular complexity index is 619. The second-order valence-corrected chi connectivity index (χ2v) is 4.94. The van der Waals surface area contributed by atoms with Crippen LogP contribution in [0.3, 0.4) is 0 Å². The normalized spacial score (nSPS) is 18.7. The molecule has 106 valence electrons. The number of carbonyl (C=O) groups is 1. The van der Waals surface area contributed by atoms with Crippen molar-refractivity contribution in [2.75, 3.05) is 6.61 Å². The van der Waals surface area contributed by atoms with Crippen LogP contribution in [0.5, 0.6) is 0 Å². The molecule has 1 aliphatic heterocycles. The number of aliphatic hydroxyl groups excluding tert-OH is 1. The fourth-order valence-electron chi connectivity index (χ4n) is 2.46. The molecular weight excluding hydrogens is 260 g/mol. The topological polar surface area (TPSA) is 84.4 Å².